The first kappa shape index (κ1) is 25.9. The van der Waals surface area contributed by atoms with Crippen molar-refractivity contribution in [2.45, 2.75) is 36.0 Å². The number of hydrogen-bond acceptors (Lipinski definition) is 9. The van der Waals surface area contributed by atoms with E-state index < -0.39 is 39.1 Å². The topological polar surface area (TPSA) is 121 Å². The number of amides is 1. The predicted molar refractivity (Wildman–Crippen MR) is 130 cm³/mol. The smallest absolute Gasteiger partial charge is 0.473 e. The summed E-state index contributed by atoms with van der Waals surface area (Å²) in [5.74, 6) is -1.82. The lowest BCUT2D eigenvalue weighted by molar-refractivity contribution is -0.123. The average molecular weight is 555 g/mol. The molecule has 0 bridgehead atoms. The molecule has 0 radical (unpaired) electrons. The second kappa shape index (κ2) is 10.8. The number of benzene rings is 2. The minimum Gasteiger partial charge on any atom is -0.473 e. The molecule has 4 rings (SSSR count). The van der Waals surface area contributed by atoms with Crippen LogP contribution in [0.2, 0.25) is 5.02 Å². The van der Waals surface area contributed by atoms with Crippen LogP contribution in [0.1, 0.15) is 31.4 Å². The highest BCUT2D eigenvalue weighted by Crippen LogP contribution is 2.35. The van der Waals surface area contributed by atoms with E-state index in [1.54, 1.807) is 6.92 Å². The Hall–Kier alpha value is -3.22. The Bertz CT molecular complexity index is 1380. The number of nitrogens with one attached hydrogen (secondary N) is 1. The number of carbonyl (C=O) groups excluding carboxylic acids is 2. The van der Waals surface area contributed by atoms with E-state index in [4.69, 9.17) is 21.1 Å². The van der Waals surface area contributed by atoms with Crippen LogP contribution in [0.4, 0.5) is 14.3 Å². The molecule has 1 saturated carbocycles. The largest absolute Gasteiger partial charge is 0.515 e. The molecule has 0 spiro atoms. The molecule has 1 amide bonds. The zero-order chi connectivity index (χ0) is 25.9. The number of rotatable bonds is 9. The van der Waals surface area contributed by atoms with E-state index in [2.05, 4.69) is 15.0 Å². The summed E-state index contributed by atoms with van der Waals surface area (Å²) in [6.07, 6.45) is -1.09. The van der Waals surface area contributed by atoms with E-state index in [0.717, 1.165) is 17.4 Å². The van der Waals surface area contributed by atoms with Crippen LogP contribution in [0.5, 0.6) is 11.6 Å². The van der Waals surface area contributed by atoms with Crippen LogP contribution in [-0.2, 0) is 19.4 Å². The van der Waals surface area contributed by atoms with Gasteiger partial charge in [0.25, 0.3) is 5.91 Å². The van der Waals surface area contributed by atoms with Crippen molar-refractivity contribution in [3.05, 3.63) is 64.2 Å². The predicted octanol–water partition coefficient (Wildman–Crippen LogP) is 5.17. The van der Waals surface area contributed by atoms with Crippen molar-refractivity contribution in [1.29, 1.82) is 0 Å². The number of halogens is 2. The molecular formula is C23H20ClFN2O7S2. The Balaban J connectivity index is 1.57. The Labute approximate surface area is 215 Å². The minimum absolute atomic E-state index is 0.0791. The van der Waals surface area contributed by atoms with Gasteiger partial charge < -0.3 is 14.2 Å². The average Bonchev–Trinajstić information content (AvgIpc) is 3.61. The van der Waals surface area contributed by atoms with Gasteiger partial charge in [-0.15, -0.1) is 11.3 Å². The van der Waals surface area contributed by atoms with Crippen LogP contribution in [0, 0.1) is 5.82 Å². The third kappa shape index (κ3) is 6.12. The summed E-state index contributed by atoms with van der Waals surface area (Å²) >= 11 is 6.78. The Morgan fingerprint density at radius 2 is 1.94 bits per heavy atom. The van der Waals surface area contributed by atoms with Crippen LogP contribution >= 0.6 is 22.9 Å². The minimum atomic E-state index is -3.43. The van der Waals surface area contributed by atoms with Gasteiger partial charge in [-0.1, -0.05) is 23.7 Å². The molecule has 3 aromatic rings. The zero-order valence-electron chi connectivity index (χ0n) is 18.8. The van der Waals surface area contributed by atoms with Crippen molar-refractivity contribution in [2.75, 3.05) is 11.9 Å². The van der Waals surface area contributed by atoms with Gasteiger partial charge in [-0.05, 0) is 50.1 Å². The number of sulfone groups is 1. The van der Waals surface area contributed by atoms with Crippen LogP contribution in [0.25, 0.3) is 0 Å². The van der Waals surface area contributed by atoms with Crippen LogP contribution in [0.15, 0.2) is 52.7 Å². The molecule has 190 valence electrons. The molecule has 1 heterocycles. The van der Waals surface area contributed by atoms with Gasteiger partial charge in [-0.25, -0.2) is 17.6 Å². The van der Waals surface area contributed by atoms with Crippen LogP contribution < -0.4 is 14.8 Å². The van der Waals surface area contributed by atoms with Gasteiger partial charge in [0.05, 0.1) is 22.1 Å². The molecule has 1 aliphatic rings. The van der Waals surface area contributed by atoms with Crippen molar-refractivity contribution in [3.8, 4) is 11.6 Å². The normalized spacial score (nSPS) is 14.1. The lowest BCUT2D eigenvalue weighted by atomic mass is 10.1. The highest BCUT2D eigenvalue weighted by Gasteiger charge is 2.37. The number of anilines is 1. The van der Waals surface area contributed by atoms with Crippen LogP contribution in [0.3, 0.4) is 0 Å². The quantitative estimate of drug-likeness (QED) is 0.360. The van der Waals surface area contributed by atoms with Gasteiger partial charge in [0.1, 0.15) is 0 Å². The molecule has 36 heavy (non-hydrogen) atoms. The maximum absolute atomic E-state index is 14.4. The van der Waals surface area contributed by atoms with Crippen LogP contribution in [-0.4, -0.2) is 37.3 Å². The van der Waals surface area contributed by atoms with E-state index in [1.165, 1.54) is 41.8 Å². The second-order valence-corrected chi connectivity index (χ2v) is 11.2. The van der Waals surface area contributed by atoms with Crippen molar-refractivity contribution >= 4 is 50.0 Å². The third-order valence-electron chi connectivity index (χ3n) is 5.01. The fourth-order valence-corrected chi connectivity index (χ4v) is 5.57. The number of aromatic nitrogens is 1. The molecule has 1 atom stereocenters. The Morgan fingerprint density at radius 3 is 2.58 bits per heavy atom. The molecule has 1 unspecified atom stereocenters. The summed E-state index contributed by atoms with van der Waals surface area (Å²) in [7, 11) is -3.43. The maximum Gasteiger partial charge on any atom is 0.515 e. The van der Waals surface area contributed by atoms with E-state index >= 15 is 0 Å². The van der Waals surface area contributed by atoms with Gasteiger partial charge in [-0.3, -0.25) is 10.1 Å². The van der Waals surface area contributed by atoms with E-state index in [9.17, 15) is 22.4 Å². The van der Waals surface area contributed by atoms with Gasteiger partial charge in [0, 0.05) is 10.6 Å². The van der Waals surface area contributed by atoms with E-state index in [0.29, 0.717) is 12.8 Å². The highest BCUT2D eigenvalue weighted by molar-refractivity contribution is 7.92. The SMILES string of the molecule is CCOC(=O)Oc1csc(NC(=O)C(Oc2ccc(Cl)cc2F)c2ccc(S(=O)(=O)C3CC3)cc2)n1. The maximum atomic E-state index is 14.4. The summed E-state index contributed by atoms with van der Waals surface area (Å²) in [6, 6.07) is 9.36. The molecule has 0 aliphatic heterocycles. The fraction of sp³-hybridized carbons (Fsp3) is 0.261. The number of nitrogens with zero attached hydrogens (tertiary/aromatic N) is 1. The van der Waals surface area contributed by atoms with Crippen molar-refractivity contribution in [1.82, 2.24) is 4.98 Å². The summed E-state index contributed by atoms with van der Waals surface area (Å²) < 4.78 is 54.7. The van der Waals surface area contributed by atoms with Crippen molar-refractivity contribution in [3.63, 3.8) is 0 Å². The molecule has 0 saturated heterocycles. The lowest BCUT2D eigenvalue weighted by Gasteiger charge is -2.19. The molecule has 1 N–H and O–H groups in total. The van der Waals surface area contributed by atoms with Crippen molar-refractivity contribution in [2.24, 2.45) is 0 Å². The number of hydrogen-bond donors (Lipinski definition) is 1. The molecule has 1 fully saturated rings. The number of thiazole rings is 1. The highest BCUT2D eigenvalue weighted by atomic mass is 35.5. The number of ether oxygens (including phenoxy) is 3. The van der Waals surface area contributed by atoms with E-state index in [-0.39, 0.29) is 38.8 Å². The second-order valence-electron chi connectivity index (χ2n) is 7.65. The summed E-state index contributed by atoms with van der Waals surface area (Å²) in [5, 5.41) is 3.76. The molecule has 13 heteroatoms. The summed E-state index contributed by atoms with van der Waals surface area (Å²) in [5.41, 5.74) is 0.274. The summed E-state index contributed by atoms with van der Waals surface area (Å²) in [6.45, 7) is 1.74. The molecule has 1 aliphatic carbocycles. The summed E-state index contributed by atoms with van der Waals surface area (Å²) in [4.78, 5) is 28.8. The zero-order valence-corrected chi connectivity index (χ0v) is 21.2. The van der Waals surface area contributed by atoms with Gasteiger partial charge in [0.15, 0.2) is 26.5 Å². The third-order valence-corrected chi connectivity index (χ3v) is 8.26. The Morgan fingerprint density at radius 1 is 1.22 bits per heavy atom. The molecule has 1 aromatic heterocycles. The van der Waals surface area contributed by atoms with Gasteiger partial charge in [-0.2, -0.15) is 4.98 Å². The standard InChI is InChI=1S/C23H20ClFN2O7S2/c1-2-32-23(29)34-19-12-35-22(26-19)27-21(28)20(33-18-10-5-14(24)11-17(18)25)13-3-6-15(7-4-13)36(30,31)16-8-9-16/h3-7,10-12,16,20H,2,8-9H2,1H3,(H,26,27,28). The number of carbonyl (C=O) groups is 2. The molecular weight excluding hydrogens is 535 g/mol. The Kier molecular flexibility index (Phi) is 7.76. The molecule has 2 aromatic carbocycles. The van der Waals surface area contributed by atoms with Gasteiger partial charge in [0.2, 0.25) is 12.0 Å². The molecule has 9 nitrogen and oxygen atoms in total. The van der Waals surface area contributed by atoms with E-state index in [1.807, 2.05) is 0 Å². The first-order valence-corrected chi connectivity index (χ1v) is 13.5. The monoisotopic (exact) mass is 554 g/mol. The van der Waals surface area contributed by atoms with Gasteiger partial charge >= 0.3 is 6.16 Å². The lowest BCUT2D eigenvalue weighted by Crippen LogP contribution is -2.26. The first-order chi connectivity index (χ1) is 17.2. The van der Waals surface area contributed by atoms with Crippen molar-refractivity contribution < 1.29 is 36.6 Å². The first-order valence-electron chi connectivity index (χ1n) is 10.7. The fourth-order valence-electron chi connectivity index (χ4n) is 3.14.